The van der Waals surface area contributed by atoms with Crippen molar-refractivity contribution in [1.29, 1.82) is 0 Å². The fraction of sp³-hybridized carbons (Fsp3) is 0.273. The average molecular weight is 191 g/mol. The Bertz CT molecular complexity index is 319. The molecule has 1 unspecified atom stereocenters. The second-order valence-corrected chi connectivity index (χ2v) is 2.93. The van der Waals surface area contributed by atoms with Gasteiger partial charge < -0.3 is 4.74 Å². The molecule has 0 spiro atoms. The van der Waals surface area contributed by atoms with Crippen LogP contribution in [0.1, 0.15) is 6.92 Å². The van der Waals surface area contributed by atoms with Gasteiger partial charge in [-0.2, -0.15) is 0 Å². The number of rotatable bonds is 3. The topological polar surface area (TPSA) is 38.7 Å². The van der Waals surface area contributed by atoms with Gasteiger partial charge in [-0.05, 0) is 19.1 Å². The van der Waals surface area contributed by atoms with Crippen molar-refractivity contribution in [3.8, 4) is 0 Å². The van der Waals surface area contributed by atoms with E-state index in [9.17, 15) is 4.79 Å². The second-order valence-electron chi connectivity index (χ2n) is 2.93. The zero-order valence-electron chi connectivity index (χ0n) is 8.31. The molecule has 1 rings (SSSR count). The van der Waals surface area contributed by atoms with Gasteiger partial charge in [0.1, 0.15) is 0 Å². The van der Waals surface area contributed by atoms with E-state index in [-0.39, 0.29) is 11.9 Å². The van der Waals surface area contributed by atoms with E-state index in [1.165, 1.54) is 7.11 Å². The van der Waals surface area contributed by atoms with E-state index < -0.39 is 0 Å². The Morgan fingerprint density at radius 3 is 2.64 bits per heavy atom. The monoisotopic (exact) mass is 191 g/mol. The molecule has 0 aromatic heterocycles. The van der Waals surface area contributed by atoms with Gasteiger partial charge in [0.25, 0.3) is 0 Å². The van der Waals surface area contributed by atoms with Crippen LogP contribution in [0.5, 0.6) is 0 Å². The fourth-order valence-electron chi connectivity index (χ4n) is 0.959. The molecule has 0 saturated carbocycles. The summed E-state index contributed by atoms with van der Waals surface area (Å²) in [7, 11) is 1.37. The summed E-state index contributed by atoms with van der Waals surface area (Å²) in [4.78, 5) is 15.2. The third kappa shape index (κ3) is 3.01. The molecule has 0 heterocycles. The molecular formula is C11H13NO2. The highest BCUT2D eigenvalue weighted by atomic mass is 16.5. The molecule has 0 fully saturated rings. The highest BCUT2D eigenvalue weighted by molar-refractivity contribution is 5.90. The zero-order chi connectivity index (χ0) is 10.4. The summed E-state index contributed by atoms with van der Waals surface area (Å²) in [6, 6.07) is 9.47. The molecule has 0 radical (unpaired) electrons. The molecule has 1 aromatic rings. The number of ether oxygens (including phenoxy) is 1. The maximum Gasteiger partial charge on any atom is 0.313 e. The van der Waals surface area contributed by atoms with Crippen molar-refractivity contribution in [1.82, 2.24) is 0 Å². The fourth-order valence-corrected chi connectivity index (χ4v) is 0.959. The standard InChI is InChI=1S/C11H13NO2/c1-9(11(13)14-2)8-12-10-6-4-3-5-7-10/h3-9H,1-2H3. The molecule has 0 aliphatic carbocycles. The van der Waals surface area contributed by atoms with E-state index in [1.807, 2.05) is 30.3 Å². The van der Waals surface area contributed by atoms with Crippen molar-refractivity contribution in [2.24, 2.45) is 10.9 Å². The molecule has 3 nitrogen and oxygen atoms in total. The summed E-state index contributed by atoms with van der Waals surface area (Å²) >= 11 is 0. The van der Waals surface area contributed by atoms with Gasteiger partial charge in [0.2, 0.25) is 0 Å². The van der Waals surface area contributed by atoms with Gasteiger partial charge in [-0.3, -0.25) is 9.79 Å². The first-order valence-electron chi connectivity index (χ1n) is 4.41. The highest BCUT2D eigenvalue weighted by Gasteiger charge is 2.08. The van der Waals surface area contributed by atoms with Gasteiger partial charge in [0.05, 0.1) is 18.7 Å². The van der Waals surface area contributed by atoms with Crippen LogP contribution in [0, 0.1) is 5.92 Å². The molecule has 0 saturated heterocycles. The molecule has 74 valence electrons. The molecule has 1 atom stereocenters. The normalized spacial score (nSPS) is 12.7. The summed E-state index contributed by atoms with van der Waals surface area (Å²) in [5.74, 6) is -0.579. The Kier molecular flexibility index (Phi) is 3.85. The van der Waals surface area contributed by atoms with Crippen molar-refractivity contribution in [2.45, 2.75) is 6.92 Å². The van der Waals surface area contributed by atoms with Gasteiger partial charge in [0.15, 0.2) is 0 Å². The average Bonchev–Trinajstić information content (AvgIpc) is 2.26. The first-order valence-corrected chi connectivity index (χ1v) is 4.41. The second kappa shape index (κ2) is 5.17. The van der Waals surface area contributed by atoms with Crippen LogP contribution >= 0.6 is 0 Å². The van der Waals surface area contributed by atoms with E-state index in [2.05, 4.69) is 9.73 Å². The molecule has 0 amide bonds. The minimum atomic E-state index is -0.305. The smallest absolute Gasteiger partial charge is 0.313 e. The Balaban J connectivity index is 2.60. The van der Waals surface area contributed by atoms with E-state index >= 15 is 0 Å². The summed E-state index contributed by atoms with van der Waals surface area (Å²) in [5.41, 5.74) is 0.836. The van der Waals surface area contributed by atoms with Crippen LogP contribution in [0.3, 0.4) is 0 Å². The number of carbonyl (C=O) groups is 1. The number of esters is 1. The first kappa shape index (κ1) is 10.4. The number of nitrogens with zero attached hydrogens (tertiary/aromatic N) is 1. The lowest BCUT2D eigenvalue weighted by molar-refractivity contribution is -0.142. The molecule has 0 bridgehead atoms. The van der Waals surface area contributed by atoms with E-state index in [0.717, 1.165) is 5.69 Å². The van der Waals surface area contributed by atoms with Crippen molar-refractivity contribution in [3.63, 3.8) is 0 Å². The number of carbonyl (C=O) groups excluding carboxylic acids is 1. The predicted octanol–water partition coefficient (Wildman–Crippen LogP) is 2.20. The van der Waals surface area contributed by atoms with Crippen LogP contribution in [-0.4, -0.2) is 19.3 Å². The summed E-state index contributed by atoms with van der Waals surface area (Å²) in [5, 5.41) is 0. The van der Waals surface area contributed by atoms with Crippen molar-refractivity contribution in [3.05, 3.63) is 30.3 Å². The minimum Gasteiger partial charge on any atom is -0.469 e. The van der Waals surface area contributed by atoms with Gasteiger partial charge in [-0.15, -0.1) is 0 Å². The largest absolute Gasteiger partial charge is 0.469 e. The summed E-state index contributed by atoms with van der Waals surface area (Å²) < 4.78 is 4.57. The number of benzene rings is 1. The number of para-hydroxylation sites is 1. The third-order valence-electron chi connectivity index (χ3n) is 1.78. The Morgan fingerprint density at radius 1 is 1.43 bits per heavy atom. The summed E-state index contributed by atoms with van der Waals surface area (Å²) in [6.45, 7) is 1.75. The highest BCUT2D eigenvalue weighted by Crippen LogP contribution is 2.09. The van der Waals surface area contributed by atoms with Crippen molar-refractivity contribution < 1.29 is 9.53 Å². The van der Waals surface area contributed by atoms with Crippen LogP contribution in [-0.2, 0) is 9.53 Å². The Morgan fingerprint density at radius 2 is 2.07 bits per heavy atom. The quantitative estimate of drug-likeness (QED) is 0.542. The Labute approximate surface area is 83.4 Å². The lowest BCUT2D eigenvalue weighted by atomic mass is 10.2. The number of methoxy groups -OCH3 is 1. The number of aliphatic imine (C=N–C) groups is 1. The SMILES string of the molecule is COC(=O)C(C)C=Nc1ccccc1. The first-order chi connectivity index (χ1) is 6.74. The lowest BCUT2D eigenvalue weighted by Crippen LogP contribution is -2.13. The van der Waals surface area contributed by atoms with Crippen molar-refractivity contribution >= 4 is 17.9 Å². The van der Waals surface area contributed by atoms with E-state index in [4.69, 9.17) is 0 Å². The molecule has 0 aliphatic heterocycles. The summed E-state index contributed by atoms with van der Waals surface area (Å²) in [6.07, 6.45) is 1.58. The number of hydrogen-bond acceptors (Lipinski definition) is 3. The van der Waals surface area contributed by atoms with Crippen LogP contribution in [0.25, 0.3) is 0 Å². The molecule has 0 N–H and O–H groups in total. The maximum atomic E-state index is 11.0. The van der Waals surface area contributed by atoms with Gasteiger partial charge in [-0.1, -0.05) is 18.2 Å². The molecular weight excluding hydrogens is 178 g/mol. The van der Waals surface area contributed by atoms with Gasteiger partial charge in [0, 0.05) is 6.21 Å². The van der Waals surface area contributed by atoms with Crippen LogP contribution in [0.2, 0.25) is 0 Å². The Hall–Kier alpha value is -1.64. The molecule has 0 aliphatic rings. The third-order valence-corrected chi connectivity index (χ3v) is 1.78. The van der Waals surface area contributed by atoms with Crippen LogP contribution in [0.4, 0.5) is 5.69 Å². The lowest BCUT2D eigenvalue weighted by Gasteiger charge is -2.01. The molecule has 3 heteroatoms. The predicted molar refractivity (Wildman–Crippen MR) is 55.8 cm³/mol. The van der Waals surface area contributed by atoms with Gasteiger partial charge in [-0.25, -0.2) is 0 Å². The van der Waals surface area contributed by atoms with Crippen LogP contribution in [0.15, 0.2) is 35.3 Å². The molecule has 1 aromatic carbocycles. The minimum absolute atomic E-state index is 0.273. The van der Waals surface area contributed by atoms with E-state index in [1.54, 1.807) is 13.1 Å². The van der Waals surface area contributed by atoms with Gasteiger partial charge >= 0.3 is 5.97 Å². The van der Waals surface area contributed by atoms with Crippen molar-refractivity contribution in [2.75, 3.05) is 7.11 Å². The zero-order valence-corrected chi connectivity index (χ0v) is 8.31. The number of hydrogen-bond donors (Lipinski definition) is 0. The molecule has 14 heavy (non-hydrogen) atoms. The van der Waals surface area contributed by atoms with Crippen LogP contribution < -0.4 is 0 Å². The van der Waals surface area contributed by atoms with E-state index in [0.29, 0.717) is 0 Å². The maximum absolute atomic E-state index is 11.0.